The molecule has 2 aromatic rings. The van der Waals surface area contributed by atoms with Gasteiger partial charge in [0.15, 0.2) is 6.10 Å². The van der Waals surface area contributed by atoms with Crippen LogP contribution in [0.5, 0.6) is 0 Å². The van der Waals surface area contributed by atoms with Crippen LogP contribution < -0.4 is 5.32 Å². The normalized spacial score (nSPS) is 13.0. The van der Waals surface area contributed by atoms with E-state index in [1.54, 1.807) is 42.5 Å². The van der Waals surface area contributed by atoms with E-state index in [1.165, 1.54) is 6.07 Å². The molecule has 0 heterocycles. The van der Waals surface area contributed by atoms with Crippen molar-refractivity contribution in [3.05, 3.63) is 69.7 Å². The van der Waals surface area contributed by atoms with Crippen LogP contribution in [0.3, 0.4) is 0 Å². The second kappa shape index (κ2) is 7.28. The lowest BCUT2D eigenvalue weighted by atomic mass is 10.1. The highest BCUT2D eigenvalue weighted by Crippen LogP contribution is 2.26. The Morgan fingerprint density at radius 2 is 1.77 bits per heavy atom. The molecule has 0 fully saturated rings. The van der Waals surface area contributed by atoms with E-state index in [2.05, 4.69) is 5.32 Å². The van der Waals surface area contributed by atoms with E-state index in [-0.39, 0.29) is 5.02 Å². The number of halogens is 2. The summed E-state index contributed by atoms with van der Waals surface area (Å²) in [6.07, 6.45) is -1.35. The largest absolute Gasteiger partial charge is 0.378 e. The van der Waals surface area contributed by atoms with Gasteiger partial charge in [0.05, 0.1) is 16.1 Å². The molecule has 0 saturated heterocycles. The SMILES string of the molecule is N#CC(NC(=O)C(O)c1ccccc1)c1ccc(Cl)c(Cl)c1. The average molecular weight is 335 g/mol. The fourth-order valence-electron chi connectivity index (χ4n) is 1.89. The molecule has 0 spiro atoms. The molecule has 2 aromatic carbocycles. The molecule has 22 heavy (non-hydrogen) atoms. The van der Waals surface area contributed by atoms with Crippen molar-refractivity contribution in [2.45, 2.75) is 12.1 Å². The van der Waals surface area contributed by atoms with Crippen molar-refractivity contribution in [3.63, 3.8) is 0 Å². The number of hydrogen-bond acceptors (Lipinski definition) is 3. The minimum atomic E-state index is -1.35. The lowest BCUT2D eigenvalue weighted by Crippen LogP contribution is -2.32. The van der Waals surface area contributed by atoms with Crippen molar-refractivity contribution in [2.75, 3.05) is 0 Å². The summed E-state index contributed by atoms with van der Waals surface area (Å²) in [6, 6.07) is 14.1. The third-order valence-corrected chi connectivity index (χ3v) is 3.80. The zero-order chi connectivity index (χ0) is 16.1. The molecule has 2 unspecified atom stereocenters. The molecule has 0 aliphatic heterocycles. The van der Waals surface area contributed by atoms with Crippen molar-refractivity contribution in [1.29, 1.82) is 5.26 Å². The summed E-state index contributed by atoms with van der Waals surface area (Å²) in [5, 5.41) is 22.4. The highest BCUT2D eigenvalue weighted by atomic mass is 35.5. The first-order valence-electron chi connectivity index (χ1n) is 6.41. The van der Waals surface area contributed by atoms with Gasteiger partial charge in [0.25, 0.3) is 5.91 Å². The summed E-state index contributed by atoms with van der Waals surface area (Å²) in [4.78, 5) is 12.1. The van der Waals surface area contributed by atoms with E-state index in [9.17, 15) is 15.2 Å². The summed E-state index contributed by atoms with van der Waals surface area (Å²) >= 11 is 11.7. The van der Waals surface area contributed by atoms with Crippen molar-refractivity contribution >= 4 is 29.1 Å². The molecule has 6 heteroatoms. The quantitative estimate of drug-likeness (QED) is 0.899. The van der Waals surface area contributed by atoms with Gasteiger partial charge in [0.1, 0.15) is 6.04 Å². The highest BCUT2D eigenvalue weighted by Gasteiger charge is 2.21. The third-order valence-electron chi connectivity index (χ3n) is 3.06. The predicted molar refractivity (Wildman–Crippen MR) is 84.4 cm³/mol. The Morgan fingerprint density at radius 1 is 1.09 bits per heavy atom. The molecule has 2 N–H and O–H groups in total. The Kier molecular flexibility index (Phi) is 5.40. The van der Waals surface area contributed by atoms with Gasteiger partial charge in [-0.1, -0.05) is 59.6 Å². The molecule has 0 aromatic heterocycles. The van der Waals surface area contributed by atoms with E-state index in [4.69, 9.17) is 23.2 Å². The van der Waals surface area contributed by atoms with Gasteiger partial charge in [-0.2, -0.15) is 5.26 Å². The van der Waals surface area contributed by atoms with Crippen LogP contribution in [0.4, 0.5) is 0 Å². The van der Waals surface area contributed by atoms with E-state index < -0.39 is 18.1 Å². The molecule has 1 amide bonds. The molecule has 0 aliphatic carbocycles. The number of benzene rings is 2. The summed E-state index contributed by atoms with van der Waals surface area (Å²) in [5.74, 6) is -0.663. The molecular formula is C16H12Cl2N2O2. The number of nitriles is 1. The molecule has 0 bridgehead atoms. The van der Waals surface area contributed by atoms with E-state index in [1.807, 2.05) is 6.07 Å². The maximum atomic E-state index is 12.1. The third kappa shape index (κ3) is 3.77. The zero-order valence-corrected chi connectivity index (χ0v) is 12.8. The van der Waals surface area contributed by atoms with Crippen molar-refractivity contribution in [1.82, 2.24) is 5.32 Å². The predicted octanol–water partition coefficient (Wildman–Crippen LogP) is 3.41. The summed E-state index contributed by atoms with van der Waals surface area (Å²) < 4.78 is 0. The van der Waals surface area contributed by atoms with Crippen LogP contribution in [0, 0.1) is 11.3 Å². The van der Waals surface area contributed by atoms with Gasteiger partial charge in [-0.05, 0) is 23.3 Å². The molecule has 2 rings (SSSR count). The highest BCUT2D eigenvalue weighted by molar-refractivity contribution is 6.42. The van der Waals surface area contributed by atoms with Crippen LogP contribution in [-0.4, -0.2) is 11.0 Å². The number of aliphatic hydroxyl groups is 1. The van der Waals surface area contributed by atoms with Gasteiger partial charge >= 0.3 is 0 Å². The summed E-state index contributed by atoms with van der Waals surface area (Å²) in [5.41, 5.74) is 0.941. The number of nitrogens with one attached hydrogen (secondary N) is 1. The Hall–Kier alpha value is -2.06. The number of nitrogens with zero attached hydrogens (tertiary/aromatic N) is 1. The fourth-order valence-corrected chi connectivity index (χ4v) is 2.20. The second-order valence-electron chi connectivity index (χ2n) is 4.56. The van der Waals surface area contributed by atoms with E-state index in [0.717, 1.165) is 0 Å². The zero-order valence-electron chi connectivity index (χ0n) is 11.3. The Labute approximate surface area is 137 Å². The monoisotopic (exact) mass is 334 g/mol. The smallest absolute Gasteiger partial charge is 0.254 e. The first-order valence-corrected chi connectivity index (χ1v) is 7.16. The number of carbonyl (C=O) groups is 1. The minimum Gasteiger partial charge on any atom is -0.378 e. The van der Waals surface area contributed by atoms with Crippen LogP contribution in [0.15, 0.2) is 48.5 Å². The topological polar surface area (TPSA) is 73.1 Å². The second-order valence-corrected chi connectivity index (χ2v) is 5.37. The molecule has 4 nitrogen and oxygen atoms in total. The first-order chi connectivity index (χ1) is 10.5. The summed E-state index contributed by atoms with van der Waals surface area (Å²) in [6.45, 7) is 0. The van der Waals surface area contributed by atoms with Crippen molar-refractivity contribution in [2.24, 2.45) is 0 Å². The van der Waals surface area contributed by atoms with Gasteiger partial charge < -0.3 is 10.4 Å². The number of amides is 1. The minimum absolute atomic E-state index is 0.289. The van der Waals surface area contributed by atoms with Crippen molar-refractivity contribution < 1.29 is 9.90 Å². The lowest BCUT2D eigenvalue weighted by molar-refractivity contribution is -0.130. The first kappa shape index (κ1) is 16.3. The van der Waals surface area contributed by atoms with Gasteiger partial charge in [0.2, 0.25) is 0 Å². The number of aliphatic hydroxyl groups excluding tert-OH is 1. The van der Waals surface area contributed by atoms with E-state index >= 15 is 0 Å². The Balaban J connectivity index is 2.15. The van der Waals surface area contributed by atoms with E-state index in [0.29, 0.717) is 16.1 Å². The molecule has 0 saturated carbocycles. The van der Waals surface area contributed by atoms with Gasteiger partial charge in [-0.3, -0.25) is 4.79 Å². The number of hydrogen-bond donors (Lipinski definition) is 2. The van der Waals surface area contributed by atoms with Gasteiger partial charge in [-0.15, -0.1) is 0 Å². The van der Waals surface area contributed by atoms with Crippen LogP contribution in [0.25, 0.3) is 0 Å². The van der Waals surface area contributed by atoms with Gasteiger partial charge in [-0.25, -0.2) is 0 Å². The van der Waals surface area contributed by atoms with Gasteiger partial charge in [0, 0.05) is 0 Å². The van der Waals surface area contributed by atoms with Crippen molar-refractivity contribution in [3.8, 4) is 6.07 Å². The molecule has 0 aliphatic rings. The molecular weight excluding hydrogens is 323 g/mol. The molecule has 0 radical (unpaired) electrons. The van der Waals surface area contributed by atoms with Crippen LogP contribution in [0.1, 0.15) is 23.3 Å². The Bertz CT molecular complexity index is 714. The lowest BCUT2D eigenvalue weighted by Gasteiger charge is -2.16. The summed E-state index contributed by atoms with van der Waals surface area (Å²) in [7, 11) is 0. The maximum Gasteiger partial charge on any atom is 0.254 e. The standard InChI is InChI=1S/C16H12Cl2N2O2/c17-12-7-6-11(8-13(12)18)14(9-19)20-16(22)15(21)10-4-2-1-3-5-10/h1-8,14-15,21H,(H,20,22). The van der Waals surface area contributed by atoms with Crippen LogP contribution >= 0.6 is 23.2 Å². The Morgan fingerprint density at radius 3 is 2.36 bits per heavy atom. The number of rotatable bonds is 4. The molecule has 112 valence electrons. The van der Waals surface area contributed by atoms with Crippen LogP contribution in [-0.2, 0) is 4.79 Å². The average Bonchev–Trinajstić information content (AvgIpc) is 2.55. The number of carbonyl (C=O) groups excluding carboxylic acids is 1. The fraction of sp³-hybridized carbons (Fsp3) is 0.125. The molecule has 2 atom stereocenters. The maximum absolute atomic E-state index is 12.1. The van der Waals surface area contributed by atoms with Crippen LogP contribution in [0.2, 0.25) is 10.0 Å².